The predicted molar refractivity (Wildman–Crippen MR) is 68.2 cm³/mol. The van der Waals surface area contributed by atoms with Crippen molar-refractivity contribution in [3.05, 3.63) is 28.8 Å². The molecule has 0 saturated heterocycles. The number of rotatable bonds is 4. The molecule has 142 valence electrons. The van der Waals surface area contributed by atoms with Gasteiger partial charge in [0.2, 0.25) is 0 Å². The van der Waals surface area contributed by atoms with Gasteiger partial charge in [0.05, 0.1) is 16.7 Å². The third-order valence-corrected chi connectivity index (χ3v) is 6.36. The first-order valence-corrected chi connectivity index (χ1v) is 8.64. The summed E-state index contributed by atoms with van der Waals surface area (Å²) in [6.07, 6.45) is 0. The minimum absolute atomic E-state index is 0.0146. The number of benzene rings is 1. The predicted octanol–water partition coefficient (Wildman–Crippen LogP) is 1.21. The average Bonchev–Trinajstić information content (AvgIpc) is 2.34. The van der Waals surface area contributed by atoms with E-state index in [1.807, 2.05) is 0 Å². The Kier molecular flexibility index (Phi) is 5.29. The first-order valence-electron chi connectivity index (χ1n) is 5.38. The lowest BCUT2D eigenvalue weighted by Crippen LogP contribution is -2.49. The van der Waals surface area contributed by atoms with Gasteiger partial charge in [-0.1, -0.05) is 11.6 Å². The van der Waals surface area contributed by atoms with E-state index in [1.54, 1.807) is 0 Å². The zero-order valence-electron chi connectivity index (χ0n) is 11.1. The highest BCUT2D eigenvalue weighted by Crippen LogP contribution is 2.39. The summed E-state index contributed by atoms with van der Waals surface area (Å²) in [5, 5.41) is 9.55. The van der Waals surface area contributed by atoms with Crippen LogP contribution in [0, 0.1) is 0 Å². The number of halogens is 7. The van der Waals surface area contributed by atoms with E-state index in [-0.39, 0.29) is 18.2 Å². The van der Waals surface area contributed by atoms with Crippen LogP contribution in [0.4, 0.5) is 32.0 Å². The van der Waals surface area contributed by atoms with Crippen LogP contribution < -0.4 is 8.82 Å². The normalized spacial score (nSPS) is 13.6. The minimum Gasteiger partial charge on any atom is -0.545 e. The van der Waals surface area contributed by atoms with Crippen molar-refractivity contribution in [2.45, 2.75) is 11.0 Å². The molecular formula is C9H3ClF6NO6S2-. The van der Waals surface area contributed by atoms with Crippen molar-refractivity contribution in [2.75, 3.05) is 3.71 Å². The fourth-order valence-corrected chi connectivity index (χ4v) is 4.33. The summed E-state index contributed by atoms with van der Waals surface area (Å²) in [4.78, 5) is 10.6. The van der Waals surface area contributed by atoms with Crippen molar-refractivity contribution in [1.82, 2.24) is 0 Å². The highest BCUT2D eigenvalue weighted by Gasteiger charge is 2.61. The summed E-state index contributed by atoms with van der Waals surface area (Å²) in [5.41, 5.74) is -15.5. The maximum absolute atomic E-state index is 12.6. The summed E-state index contributed by atoms with van der Waals surface area (Å²) in [6.45, 7) is 0. The Bertz CT molecular complexity index is 863. The van der Waals surface area contributed by atoms with Crippen LogP contribution in [0.15, 0.2) is 18.2 Å². The van der Waals surface area contributed by atoms with E-state index in [2.05, 4.69) is 0 Å². The Balaban J connectivity index is 3.84. The van der Waals surface area contributed by atoms with E-state index in [9.17, 15) is 53.1 Å². The number of aromatic carboxylic acids is 1. The van der Waals surface area contributed by atoms with Crippen LogP contribution in [0.1, 0.15) is 10.4 Å². The maximum atomic E-state index is 12.6. The summed E-state index contributed by atoms with van der Waals surface area (Å²) < 4.78 is 119. The largest absolute Gasteiger partial charge is 0.545 e. The smallest absolute Gasteiger partial charge is 0.517 e. The summed E-state index contributed by atoms with van der Waals surface area (Å²) in [7, 11) is -14.2. The van der Waals surface area contributed by atoms with Gasteiger partial charge in [-0.05, 0) is 18.2 Å². The first kappa shape index (κ1) is 21.3. The Morgan fingerprint density at radius 1 is 0.960 bits per heavy atom. The van der Waals surface area contributed by atoms with Gasteiger partial charge in [-0.15, -0.1) is 3.71 Å². The van der Waals surface area contributed by atoms with Crippen molar-refractivity contribution in [3.63, 3.8) is 0 Å². The monoisotopic (exact) mass is 434 g/mol. The molecule has 1 aromatic rings. The zero-order chi connectivity index (χ0) is 20.0. The van der Waals surface area contributed by atoms with Crippen molar-refractivity contribution in [2.24, 2.45) is 0 Å². The number of alkyl halides is 6. The summed E-state index contributed by atoms with van der Waals surface area (Å²) in [6, 6.07) is 0.334. The first-order chi connectivity index (χ1) is 10.9. The molecule has 0 bridgehead atoms. The molecule has 0 aliphatic heterocycles. The molecule has 0 N–H and O–H groups in total. The van der Waals surface area contributed by atoms with Crippen molar-refractivity contribution < 1.29 is 53.1 Å². The van der Waals surface area contributed by atoms with E-state index < -0.39 is 57.0 Å². The number of carboxylic acid groups (broad SMARTS) is 1. The molecule has 25 heavy (non-hydrogen) atoms. The molecule has 0 aliphatic carbocycles. The summed E-state index contributed by atoms with van der Waals surface area (Å²) >= 11 is 5.30. The molecule has 16 heteroatoms. The van der Waals surface area contributed by atoms with Crippen LogP contribution in [-0.2, 0) is 20.0 Å². The number of sulfonamides is 2. The van der Waals surface area contributed by atoms with Gasteiger partial charge < -0.3 is 9.90 Å². The zero-order valence-corrected chi connectivity index (χ0v) is 13.5. The van der Waals surface area contributed by atoms with Gasteiger partial charge in [-0.3, -0.25) is 0 Å². The molecule has 0 atom stereocenters. The number of hydrogen-bond acceptors (Lipinski definition) is 6. The van der Waals surface area contributed by atoms with Gasteiger partial charge in [0.1, 0.15) is 0 Å². The van der Waals surface area contributed by atoms with Crippen LogP contribution in [-0.4, -0.2) is 33.8 Å². The molecule has 7 nitrogen and oxygen atoms in total. The number of nitrogens with zero attached hydrogens (tertiary/aromatic N) is 1. The molecule has 0 amide bonds. The molecule has 0 fully saturated rings. The molecule has 0 unspecified atom stereocenters. The second-order valence-electron chi connectivity index (χ2n) is 4.05. The van der Waals surface area contributed by atoms with E-state index in [4.69, 9.17) is 11.6 Å². The molecule has 0 aliphatic rings. The number of carbonyl (C=O) groups is 1. The second-order valence-corrected chi connectivity index (χ2v) is 8.25. The van der Waals surface area contributed by atoms with Gasteiger partial charge >= 0.3 is 31.1 Å². The van der Waals surface area contributed by atoms with Crippen LogP contribution in [0.3, 0.4) is 0 Å². The van der Waals surface area contributed by atoms with Gasteiger partial charge in [0.15, 0.2) is 0 Å². The highest BCUT2D eigenvalue weighted by atomic mass is 35.5. The Morgan fingerprint density at radius 2 is 1.36 bits per heavy atom. The van der Waals surface area contributed by atoms with Crippen LogP contribution in [0.25, 0.3) is 0 Å². The molecular weight excluding hydrogens is 432 g/mol. The lowest BCUT2D eigenvalue weighted by molar-refractivity contribution is -0.255. The third-order valence-electron chi connectivity index (χ3n) is 2.40. The number of carbonyl (C=O) groups excluding carboxylic acids is 1. The van der Waals surface area contributed by atoms with Crippen LogP contribution >= 0.6 is 11.6 Å². The molecule has 0 spiro atoms. The standard InChI is InChI=1S/C9H4ClF6NO6S2/c10-6-3-4(1-2-5(6)7(18)19)17(24(20,21)8(11,12)13)25(22,23)9(14,15)16/h1-3H,(H,18,19)/p-1. The lowest BCUT2D eigenvalue weighted by atomic mass is 10.2. The molecule has 0 aromatic heterocycles. The van der Waals surface area contributed by atoms with Gasteiger partial charge in [0.25, 0.3) is 0 Å². The molecule has 0 heterocycles. The quantitative estimate of drug-likeness (QED) is 0.658. The fraction of sp³-hybridized carbons (Fsp3) is 0.222. The minimum atomic E-state index is -7.08. The van der Waals surface area contributed by atoms with Crippen molar-refractivity contribution in [1.29, 1.82) is 0 Å². The Labute approximate surface area is 140 Å². The van der Waals surface area contributed by atoms with Crippen molar-refractivity contribution in [3.8, 4) is 0 Å². The highest BCUT2D eigenvalue weighted by molar-refractivity contribution is 8.11. The lowest BCUT2D eigenvalue weighted by Gasteiger charge is -2.26. The van der Waals surface area contributed by atoms with Gasteiger partial charge in [-0.25, -0.2) is 0 Å². The van der Waals surface area contributed by atoms with E-state index in [0.29, 0.717) is 0 Å². The third kappa shape index (κ3) is 3.77. The topological polar surface area (TPSA) is 112 Å². The van der Waals surface area contributed by atoms with E-state index in [1.165, 1.54) is 0 Å². The van der Waals surface area contributed by atoms with E-state index in [0.717, 1.165) is 0 Å². The van der Waals surface area contributed by atoms with Gasteiger partial charge in [0, 0.05) is 5.56 Å². The SMILES string of the molecule is O=C([O-])c1ccc(N(S(=O)(=O)C(F)(F)F)S(=O)(=O)C(F)(F)F)cc1Cl. The molecule has 1 rings (SSSR count). The molecule has 0 radical (unpaired) electrons. The Hall–Kier alpha value is -1.74. The second kappa shape index (κ2) is 6.21. The summed E-state index contributed by atoms with van der Waals surface area (Å²) in [5.74, 6) is -2.00. The number of anilines is 1. The maximum Gasteiger partial charge on any atom is 0.517 e. The average molecular weight is 435 g/mol. The Morgan fingerprint density at radius 3 is 1.64 bits per heavy atom. The fourth-order valence-electron chi connectivity index (χ4n) is 1.38. The molecule has 1 aromatic carbocycles. The van der Waals surface area contributed by atoms with Crippen LogP contribution in [0.5, 0.6) is 0 Å². The van der Waals surface area contributed by atoms with Crippen LogP contribution in [0.2, 0.25) is 5.02 Å². The number of hydrogen-bond donors (Lipinski definition) is 0. The van der Waals surface area contributed by atoms with Gasteiger partial charge in [-0.2, -0.15) is 43.2 Å². The number of carboxylic acids is 1. The molecule has 0 saturated carbocycles. The van der Waals surface area contributed by atoms with Crippen molar-refractivity contribution >= 4 is 43.3 Å². The van der Waals surface area contributed by atoms with E-state index >= 15 is 0 Å².